The molecule has 3 atom stereocenters. The molecule has 4 nitrogen and oxygen atoms in total. The molecule has 0 bridgehead atoms. The Labute approximate surface area is 99.2 Å². The van der Waals surface area contributed by atoms with Gasteiger partial charge in [0.2, 0.25) is 10.0 Å². The van der Waals surface area contributed by atoms with Gasteiger partial charge in [-0.2, -0.15) is 0 Å². The number of sulfonamides is 1. The fraction of sp³-hybridized carbons (Fsp3) is 1.00. The van der Waals surface area contributed by atoms with Crippen LogP contribution in [0.25, 0.3) is 0 Å². The van der Waals surface area contributed by atoms with Crippen molar-refractivity contribution in [2.24, 2.45) is 11.8 Å². The number of hydrogen-bond donors (Lipinski definition) is 2. The molecule has 1 saturated carbocycles. The Morgan fingerprint density at radius 2 is 1.88 bits per heavy atom. The Morgan fingerprint density at radius 1 is 1.19 bits per heavy atom. The van der Waals surface area contributed by atoms with Gasteiger partial charge in [0.1, 0.15) is 0 Å². The fourth-order valence-corrected chi connectivity index (χ4v) is 2.94. The summed E-state index contributed by atoms with van der Waals surface area (Å²) in [7, 11) is -3.04. The average Bonchev–Trinajstić information content (AvgIpc) is 2.13. The molecule has 0 heterocycles. The van der Waals surface area contributed by atoms with Crippen molar-refractivity contribution >= 4 is 10.0 Å². The van der Waals surface area contributed by atoms with Crippen molar-refractivity contribution < 1.29 is 8.42 Å². The van der Waals surface area contributed by atoms with E-state index < -0.39 is 10.0 Å². The molecule has 2 N–H and O–H groups in total. The van der Waals surface area contributed by atoms with Crippen LogP contribution in [0.5, 0.6) is 0 Å². The topological polar surface area (TPSA) is 58.2 Å². The normalized spacial score (nSPS) is 31.6. The quantitative estimate of drug-likeness (QED) is 0.712. The van der Waals surface area contributed by atoms with Crippen molar-refractivity contribution in [2.45, 2.75) is 39.2 Å². The average molecular weight is 248 g/mol. The summed E-state index contributed by atoms with van der Waals surface area (Å²) in [6, 6.07) is 0.553. The van der Waals surface area contributed by atoms with Gasteiger partial charge in [-0.3, -0.25) is 0 Å². The smallest absolute Gasteiger partial charge is 0.208 e. The van der Waals surface area contributed by atoms with E-state index in [1.165, 1.54) is 25.5 Å². The molecule has 0 saturated heterocycles. The lowest BCUT2D eigenvalue weighted by Crippen LogP contribution is -2.42. The molecule has 5 heteroatoms. The minimum absolute atomic E-state index is 0.484. The maximum absolute atomic E-state index is 10.9. The van der Waals surface area contributed by atoms with Crippen LogP contribution in [0.15, 0.2) is 0 Å². The van der Waals surface area contributed by atoms with Crippen LogP contribution in [0.1, 0.15) is 33.1 Å². The van der Waals surface area contributed by atoms with Gasteiger partial charge in [-0.1, -0.05) is 13.8 Å². The molecule has 0 radical (unpaired) electrons. The maximum atomic E-state index is 10.9. The molecule has 1 fully saturated rings. The molecule has 0 aromatic carbocycles. The van der Waals surface area contributed by atoms with Gasteiger partial charge in [-0.15, -0.1) is 0 Å². The third-order valence-corrected chi connectivity index (χ3v) is 4.06. The summed E-state index contributed by atoms with van der Waals surface area (Å²) in [5.74, 6) is 1.53. The van der Waals surface area contributed by atoms with Crippen LogP contribution in [0.2, 0.25) is 0 Å². The van der Waals surface area contributed by atoms with Crippen molar-refractivity contribution in [2.75, 3.05) is 19.3 Å². The second kappa shape index (κ2) is 5.98. The number of rotatable bonds is 5. The molecule has 0 aliphatic heterocycles. The highest BCUT2D eigenvalue weighted by atomic mass is 32.2. The zero-order chi connectivity index (χ0) is 12.2. The first-order chi connectivity index (χ1) is 7.38. The first-order valence-corrected chi connectivity index (χ1v) is 7.95. The fourth-order valence-electron chi connectivity index (χ4n) is 2.46. The van der Waals surface area contributed by atoms with Crippen LogP contribution in [0.4, 0.5) is 0 Å². The molecule has 0 aromatic rings. The monoisotopic (exact) mass is 248 g/mol. The van der Waals surface area contributed by atoms with E-state index in [0.717, 1.165) is 12.5 Å². The Bertz CT molecular complexity index is 303. The summed E-state index contributed by atoms with van der Waals surface area (Å²) < 4.78 is 24.2. The molecule has 3 unspecified atom stereocenters. The summed E-state index contributed by atoms with van der Waals surface area (Å²) in [5.41, 5.74) is 0. The van der Waals surface area contributed by atoms with Crippen LogP contribution in [-0.2, 0) is 10.0 Å². The van der Waals surface area contributed by atoms with Crippen LogP contribution in [0.3, 0.4) is 0 Å². The van der Waals surface area contributed by atoms with E-state index in [0.29, 0.717) is 18.5 Å². The third kappa shape index (κ3) is 5.27. The molecule has 96 valence electrons. The molecule has 0 aromatic heterocycles. The molecule has 0 spiro atoms. The van der Waals surface area contributed by atoms with Crippen molar-refractivity contribution in [1.29, 1.82) is 0 Å². The molecule has 1 aliphatic carbocycles. The Balaban J connectivity index is 2.18. The highest BCUT2D eigenvalue weighted by Crippen LogP contribution is 2.28. The first kappa shape index (κ1) is 13.9. The Kier molecular flexibility index (Phi) is 5.21. The molecule has 0 amide bonds. The van der Waals surface area contributed by atoms with Crippen molar-refractivity contribution in [1.82, 2.24) is 10.0 Å². The lowest BCUT2D eigenvalue weighted by Gasteiger charge is -2.33. The van der Waals surface area contributed by atoms with Crippen molar-refractivity contribution in [3.8, 4) is 0 Å². The maximum Gasteiger partial charge on any atom is 0.208 e. The first-order valence-electron chi connectivity index (χ1n) is 6.06. The van der Waals surface area contributed by atoms with Crippen LogP contribution in [0, 0.1) is 11.8 Å². The molecule has 16 heavy (non-hydrogen) atoms. The highest BCUT2D eigenvalue weighted by Gasteiger charge is 2.24. The Morgan fingerprint density at radius 3 is 2.44 bits per heavy atom. The van der Waals surface area contributed by atoms with Gasteiger partial charge in [-0.25, -0.2) is 13.1 Å². The van der Waals surface area contributed by atoms with E-state index in [1.54, 1.807) is 0 Å². The van der Waals surface area contributed by atoms with Gasteiger partial charge < -0.3 is 5.32 Å². The SMILES string of the molecule is CC1CCC(NCCNS(C)(=O)=O)C(C)C1. The standard InChI is InChI=1S/C11H24N2O2S/c1-9-4-5-11(10(2)8-9)12-6-7-13-16(3,14)15/h9-13H,4-8H2,1-3H3. The van der Waals surface area contributed by atoms with Gasteiger partial charge in [-0.05, 0) is 31.1 Å². The summed E-state index contributed by atoms with van der Waals surface area (Å²) >= 11 is 0. The summed E-state index contributed by atoms with van der Waals surface area (Å²) in [6.45, 7) is 5.78. The molecule has 1 aliphatic rings. The minimum atomic E-state index is -3.04. The van der Waals surface area contributed by atoms with Gasteiger partial charge >= 0.3 is 0 Å². The van der Waals surface area contributed by atoms with E-state index in [9.17, 15) is 8.42 Å². The van der Waals surface area contributed by atoms with E-state index in [-0.39, 0.29) is 0 Å². The molecule has 1 rings (SSSR count). The van der Waals surface area contributed by atoms with Gasteiger partial charge in [0.05, 0.1) is 6.26 Å². The van der Waals surface area contributed by atoms with Gasteiger partial charge in [0.25, 0.3) is 0 Å². The molecular formula is C11H24N2O2S. The summed E-state index contributed by atoms with van der Waals surface area (Å²) in [6.07, 6.45) is 4.96. The zero-order valence-electron chi connectivity index (χ0n) is 10.5. The van der Waals surface area contributed by atoms with E-state index in [4.69, 9.17) is 0 Å². The predicted molar refractivity (Wildman–Crippen MR) is 66.8 cm³/mol. The highest BCUT2D eigenvalue weighted by molar-refractivity contribution is 7.88. The van der Waals surface area contributed by atoms with Crippen LogP contribution < -0.4 is 10.0 Å². The Hall–Kier alpha value is -0.130. The van der Waals surface area contributed by atoms with Crippen molar-refractivity contribution in [3.05, 3.63) is 0 Å². The summed E-state index contributed by atoms with van der Waals surface area (Å²) in [5, 5.41) is 3.44. The number of nitrogens with one attached hydrogen (secondary N) is 2. The van der Waals surface area contributed by atoms with Crippen molar-refractivity contribution in [3.63, 3.8) is 0 Å². The van der Waals surface area contributed by atoms with Crippen LogP contribution >= 0.6 is 0 Å². The largest absolute Gasteiger partial charge is 0.312 e. The third-order valence-electron chi connectivity index (χ3n) is 3.33. The van der Waals surface area contributed by atoms with Crippen LogP contribution in [-0.4, -0.2) is 33.8 Å². The van der Waals surface area contributed by atoms with E-state index >= 15 is 0 Å². The van der Waals surface area contributed by atoms with Gasteiger partial charge in [0, 0.05) is 19.1 Å². The minimum Gasteiger partial charge on any atom is -0.312 e. The predicted octanol–water partition coefficient (Wildman–Crippen LogP) is 0.950. The molecular weight excluding hydrogens is 224 g/mol. The lowest BCUT2D eigenvalue weighted by atomic mass is 9.80. The zero-order valence-corrected chi connectivity index (χ0v) is 11.3. The lowest BCUT2D eigenvalue weighted by molar-refractivity contribution is 0.229. The second-order valence-corrected chi connectivity index (χ2v) is 6.96. The van der Waals surface area contributed by atoms with E-state index in [2.05, 4.69) is 23.9 Å². The number of hydrogen-bond acceptors (Lipinski definition) is 3. The second-order valence-electron chi connectivity index (χ2n) is 5.12. The van der Waals surface area contributed by atoms with Gasteiger partial charge in [0.15, 0.2) is 0 Å². The summed E-state index contributed by atoms with van der Waals surface area (Å²) in [4.78, 5) is 0. The van der Waals surface area contributed by atoms with E-state index in [1.807, 2.05) is 0 Å².